The van der Waals surface area contributed by atoms with Gasteiger partial charge in [-0.2, -0.15) is 4.31 Å². The van der Waals surface area contributed by atoms with Crippen LogP contribution < -0.4 is 0 Å². The summed E-state index contributed by atoms with van der Waals surface area (Å²) in [5.41, 5.74) is 3.49. The molecule has 5 heteroatoms. The summed E-state index contributed by atoms with van der Waals surface area (Å²) in [6.07, 6.45) is 0. The van der Waals surface area contributed by atoms with Crippen molar-refractivity contribution in [1.29, 1.82) is 0 Å². The molecule has 1 heterocycles. The van der Waals surface area contributed by atoms with Crippen molar-refractivity contribution in [3.63, 3.8) is 0 Å². The van der Waals surface area contributed by atoms with Crippen LogP contribution in [0.5, 0.6) is 0 Å². The van der Waals surface area contributed by atoms with Crippen LogP contribution in [-0.2, 0) is 21.4 Å². The van der Waals surface area contributed by atoms with Gasteiger partial charge in [0.05, 0.1) is 18.1 Å². The zero-order valence-corrected chi connectivity index (χ0v) is 20.7. The van der Waals surface area contributed by atoms with Crippen LogP contribution >= 0.6 is 0 Å². The van der Waals surface area contributed by atoms with Crippen molar-refractivity contribution in [3.05, 3.63) is 114 Å². The van der Waals surface area contributed by atoms with Crippen LogP contribution in [0.3, 0.4) is 0 Å². The first-order valence-electron chi connectivity index (χ1n) is 11.9. The predicted molar refractivity (Wildman–Crippen MR) is 138 cm³/mol. The highest BCUT2D eigenvalue weighted by Gasteiger charge is 2.71. The molecule has 1 saturated heterocycles. The van der Waals surface area contributed by atoms with E-state index in [0.29, 0.717) is 31.2 Å². The van der Waals surface area contributed by atoms with E-state index in [1.165, 1.54) is 0 Å². The number of benzene rings is 3. The third kappa shape index (κ3) is 4.58. The Morgan fingerprint density at radius 3 is 2.37 bits per heavy atom. The van der Waals surface area contributed by atoms with Crippen LogP contribution in [-0.4, -0.2) is 32.4 Å². The van der Waals surface area contributed by atoms with Gasteiger partial charge in [-0.3, -0.25) is 0 Å². The van der Waals surface area contributed by atoms with E-state index in [1.54, 1.807) is 16.4 Å². The average Bonchev–Trinajstić information content (AvgIpc) is 3.27. The fourth-order valence-corrected chi connectivity index (χ4v) is 6.74. The highest BCUT2D eigenvalue weighted by Crippen LogP contribution is 2.67. The van der Waals surface area contributed by atoms with E-state index < -0.39 is 10.0 Å². The number of aryl methyl sites for hydroxylation is 1. The van der Waals surface area contributed by atoms with Crippen LogP contribution in [0.1, 0.15) is 16.7 Å². The Labute approximate surface area is 208 Å². The Morgan fingerprint density at radius 1 is 1.03 bits per heavy atom. The molecule has 2 aliphatic rings. The Kier molecular flexibility index (Phi) is 6.37. The standard InChI is InChI=1S/C30H29NO3S/c1-23-13-17-27(18-14-23)35(32,33)31-19-28-29(21-34-20-26-11-7-4-8-12-26)30(28,22-31)24(2)15-16-25-9-5-3-6-10-25/h3-14,17-18,28-29H,2,19-22H2,1H3/t28-,29+,30+/m1/s1. The second-order valence-corrected chi connectivity index (χ2v) is 11.4. The van der Waals surface area contributed by atoms with Crippen molar-refractivity contribution < 1.29 is 13.2 Å². The van der Waals surface area contributed by atoms with Crippen LogP contribution in [0.4, 0.5) is 0 Å². The average molecular weight is 484 g/mol. The van der Waals surface area contributed by atoms with E-state index in [2.05, 4.69) is 18.4 Å². The maximum Gasteiger partial charge on any atom is 0.243 e. The number of fused-ring (bicyclic) bond motifs is 1. The summed E-state index contributed by atoms with van der Waals surface area (Å²) in [5, 5.41) is 0. The molecule has 0 aromatic heterocycles. The number of ether oxygens (including phenoxy) is 1. The van der Waals surface area contributed by atoms with Crippen molar-refractivity contribution in [3.8, 4) is 11.8 Å². The van der Waals surface area contributed by atoms with Gasteiger partial charge in [-0.25, -0.2) is 8.42 Å². The Balaban J connectivity index is 1.36. The Morgan fingerprint density at radius 2 is 1.69 bits per heavy atom. The predicted octanol–water partition coefficient (Wildman–Crippen LogP) is 5.06. The molecule has 35 heavy (non-hydrogen) atoms. The summed E-state index contributed by atoms with van der Waals surface area (Å²) in [6.45, 7) is 8.22. The summed E-state index contributed by atoms with van der Waals surface area (Å²) in [4.78, 5) is 0.331. The van der Waals surface area contributed by atoms with Gasteiger partial charge in [0.15, 0.2) is 0 Å². The van der Waals surface area contributed by atoms with Gasteiger partial charge in [0.25, 0.3) is 0 Å². The second kappa shape index (κ2) is 9.47. The Bertz CT molecular complexity index is 1370. The van der Waals surface area contributed by atoms with Crippen molar-refractivity contribution in [2.75, 3.05) is 19.7 Å². The molecule has 1 aliphatic heterocycles. The summed E-state index contributed by atoms with van der Waals surface area (Å²) >= 11 is 0. The molecule has 0 radical (unpaired) electrons. The van der Waals surface area contributed by atoms with Gasteiger partial charge >= 0.3 is 0 Å². The smallest absolute Gasteiger partial charge is 0.243 e. The minimum Gasteiger partial charge on any atom is -0.376 e. The summed E-state index contributed by atoms with van der Waals surface area (Å²) in [6, 6.07) is 26.9. The normalized spacial score (nSPS) is 23.2. The van der Waals surface area contributed by atoms with Gasteiger partial charge in [0.2, 0.25) is 10.0 Å². The number of hydrogen-bond acceptors (Lipinski definition) is 3. The molecule has 0 unspecified atom stereocenters. The van der Waals surface area contributed by atoms with Crippen LogP contribution in [0.25, 0.3) is 0 Å². The number of sulfonamides is 1. The van der Waals surface area contributed by atoms with Crippen LogP contribution in [0, 0.1) is 36.0 Å². The summed E-state index contributed by atoms with van der Waals surface area (Å²) in [5.74, 6) is 6.82. The first kappa shape index (κ1) is 23.6. The topological polar surface area (TPSA) is 46.6 Å². The number of rotatable bonds is 7. The molecule has 0 spiro atoms. The molecule has 0 bridgehead atoms. The largest absolute Gasteiger partial charge is 0.376 e. The minimum atomic E-state index is -3.58. The number of nitrogens with zero attached hydrogens (tertiary/aromatic N) is 1. The van der Waals surface area contributed by atoms with Gasteiger partial charge in [0.1, 0.15) is 0 Å². The number of piperidine rings is 1. The minimum absolute atomic E-state index is 0.149. The van der Waals surface area contributed by atoms with Crippen molar-refractivity contribution in [2.24, 2.45) is 17.3 Å². The first-order valence-corrected chi connectivity index (χ1v) is 13.3. The lowest BCUT2D eigenvalue weighted by Crippen LogP contribution is -2.34. The van der Waals surface area contributed by atoms with Gasteiger partial charge in [0, 0.05) is 29.6 Å². The molecular formula is C30H29NO3S. The van der Waals surface area contributed by atoms with E-state index in [9.17, 15) is 8.42 Å². The van der Waals surface area contributed by atoms with Crippen LogP contribution in [0.15, 0.2) is 102 Å². The van der Waals surface area contributed by atoms with Gasteiger partial charge < -0.3 is 4.74 Å². The number of hydrogen-bond donors (Lipinski definition) is 0. The van der Waals surface area contributed by atoms with Gasteiger partial charge in [-0.1, -0.05) is 84.6 Å². The quantitative estimate of drug-likeness (QED) is 0.442. The zero-order chi connectivity index (χ0) is 24.5. The maximum absolute atomic E-state index is 13.4. The third-order valence-electron chi connectivity index (χ3n) is 7.30. The van der Waals surface area contributed by atoms with Crippen molar-refractivity contribution in [2.45, 2.75) is 18.4 Å². The van der Waals surface area contributed by atoms with E-state index in [4.69, 9.17) is 4.74 Å². The molecule has 0 amide bonds. The van der Waals surface area contributed by atoms with E-state index in [1.807, 2.05) is 79.7 Å². The van der Waals surface area contributed by atoms with Crippen molar-refractivity contribution in [1.82, 2.24) is 4.31 Å². The highest BCUT2D eigenvalue weighted by molar-refractivity contribution is 7.89. The van der Waals surface area contributed by atoms with E-state index in [-0.39, 0.29) is 17.3 Å². The monoisotopic (exact) mass is 483 g/mol. The lowest BCUT2D eigenvalue weighted by atomic mass is 9.94. The van der Waals surface area contributed by atoms with Gasteiger partial charge in [-0.15, -0.1) is 0 Å². The molecule has 0 N–H and O–H groups in total. The molecule has 4 nitrogen and oxygen atoms in total. The summed E-state index contributed by atoms with van der Waals surface area (Å²) in [7, 11) is -3.58. The fourth-order valence-electron chi connectivity index (χ4n) is 5.22. The molecule has 5 rings (SSSR count). The maximum atomic E-state index is 13.4. The lowest BCUT2D eigenvalue weighted by molar-refractivity contribution is 0.0971. The Hall–Kier alpha value is -3.17. The molecule has 3 aromatic carbocycles. The molecule has 2 fully saturated rings. The van der Waals surface area contributed by atoms with E-state index >= 15 is 0 Å². The molecular weight excluding hydrogens is 454 g/mol. The first-order chi connectivity index (χ1) is 16.9. The molecule has 3 aromatic rings. The van der Waals surface area contributed by atoms with Crippen LogP contribution in [0.2, 0.25) is 0 Å². The molecule has 1 saturated carbocycles. The summed E-state index contributed by atoms with van der Waals surface area (Å²) < 4.78 is 34.5. The molecule has 3 atom stereocenters. The fraction of sp³-hybridized carbons (Fsp3) is 0.267. The van der Waals surface area contributed by atoms with Gasteiger partial charge in [-0.05, 0) is 48.6 Å². The zero-order valence-electron chi connectivity index (χ0n) is 19.9. The molecule has 1 aliphatic carbocycles. The van der Waals surface area contributed by atoms with E-state index in [0.717, 1.165) is 22.3 Å². The SMILES string of the molecule is C=C(C#Cc1ccccc1)[C@@]12CN(S(=O)(=O)c3ccc(C)cc3)C[C@@H]1[C@@H]2COCc1ccccc1. The third-order valence-corrected chi connectivity index (χ3v) is 9.13. The van der Waals surface area contributed by atoms with Crippen molar-refractivity contribution >= 4 is 10.0 Å². The highest BCUT2D eigenvalue weighted by atomic mass is 32.2. The lowest BCUT2D eigenvalue weighted by Gasteiger charge is -2.23. The molecule has 178 valence electrons. The second-order valence-electron chi connectivity index (χ2n) is 9.46.